The van der Waals surface area contributed by atoms with E-state index in [1.807, 2.05) is 30.3 Å². The van der Waals surface area contributed by atoms with Crippen LogP contribution < -0.4 is 5.32 Å². The fourth-order valence-corrected chi connectivity index (χ4v) is 2.76. The lowest BCUT2D eigenvalue weighted by atomic mass is 10.1. The number of benzene rings is 1. The number of carbonyl (C=O) groups is 1. The molecule has 0 aliphatic heterocycles. The zero-order chi connectivity index (χ0) is 16.4. The minimum absolute atomic E-state index is 0.129. The number of amides is 1. The van der Waals surface area contributed by atoms with E-state index in [4.69, 9.17) is 0 Å². The van der Waals surface area contributed by atoms with Crippen LogP contribution in [0.15, 0.2) is 67.3 Å². The van der Waals surface area contributed by atoms with Gasteiger partial charge >= 0.3 is 0 Å². The first kappa shape index (κ1) is 14.5. The molecule has 24 heavy (non-hydrogen) atoms. The first-order chi connectivity index (χ1) is 11.8. The van der Waals surface area contributed by atoms with Gasteiger partial charge in [-0.3, -0.25) is 9.78 Å². The minimum Gasteiger partial charge on any atom is -0.349 e. The summed E-state index contributed by atoms with van der Waals surface area (Å²) in [5.74, 6) is 0.843. The number of carbonyl (C=O) groups excluding carboxylic acids is 1. The van der Waals surface area contributed by atoms with Gasteiger partial charge in [-0.2, -0.15) is 0 Å². The Balaban J connectivity index is 1.41. The van der Waals surface area contributed by atoms with Gasteiger partial charge in [0.2, 0.25) is 0 Å². The molecule has 4 rings (SSSR count). The minimum atomic E-state index is -0.129. The molecule has 1 amide bonds. The van der Waals surface area contributed by atoms with Crippen molar-refractivity contribution in [3.63, 3.8) is 0 Å². The number of rotatable bonds is 4. The van der Waals surface area contributed by atoms with E-state index < -0.39 is 0 Å². The van der Waals surface area contributed by atoms with Crippen molar-refractivity contribution in [3.8, 4) is 11.4 Å². The Labute approximate surface area is 139 Å². The number of hydrogen-bond acceptors (Lipinski definition) is 4. The topological polar surface area (TPSA) is 67.8 Å². The first-order valence-corrected chi connectivity index (χ1v) is 7.89. The van der Waals surface area contributed by atoms with E-state index in [0.717, 1.165) is 12.0 Å². The molecule has 118 valence electrons. The van der Waals surface area contributed by atoms with E-state index in [1.54, 1.807) is 24.8 Å². The molecule has 2 heterocycles. The van der Waals surface area contributed by atoms with Crippen LogP contribution in [0.4, 0.5) is 0 Å². The Kier molecular flexibility index (Phi) is 3.75. The predicted octanol–water partition coefficient (Wildman–Crippen LogP) is 2.82. The number of hydrogen-bond donors (Lipinski definition) is 1. The highest BCUT2D eigenvalue weighted by Gasteiger charge is 2.39. The van der Waals surface area contributed by atoms with Crippen molar-refractivity contribution in [3.05, 3.63) is 78.4 Å². The quantitative estimate of drug-likeness (QED) is 0.803. The lowest BCUT2D eigenvalue weighted by Crippen LogP contribution is -2.26. The standard InChI is InChI=1S/C19H16N4O/c24-19(23-17-9-16(17)13-5-2-1-3-6-13)15-11-21-18(22-12-15)14-7-4-8-20-10-14/h1-8,10-12,16-17H,9H2,(H,23,24)/t16-,17+/m0/s1. The highest BCUT2D eigenvalue weighted by Crippen LogP contribution is 2.40. The normalized spacial score (nSPS) is 18.8. The average Bonchev–Trinajstić information content (AvgIpc) is 3.42. The Morgan fingerprint density at radius 1 is 1.00 bits per heavy atom. The lowest BCUT2D eigenvalue weighted by molar-refractivity contribution is 0.0949. The average molecular weight is 316 g/mol. The predicted molar refractivity (Wildman–Crippen MR) is 90.3 cm³/mol. The summed E-state index contributed by atoms with van der Waals surface area (Å²) in [7, 11) is 0. The molecular formula is C19H16N4O. The van der Waals surface area contributed by atoms with Gasteiger partial charge in [-0.25, -0.2) is 9.97 Å². The third-order valence-corrected chi connectivity index (χ3v) is 4.17. The van der Waals surface area contributed by atoms with Crippen molar-refractivity contribution in [2.24, 2.45) is 0 Å². The van der Waals surface area contributed by atoms with Crippen molar-refractivity contribution >= 4 is 5.91 Å². The number of nitrogens with one attached hydrogen (secondary N) is 1. The molecule has 3 aromatic rings. The summed E-state index contributed by atoms with van der Waals surface area (Å²) in [5, 5.41) is 3.05. The molecule has 1 N–H and O–H groups in total. The maximum absolute atomic E-state index is 12.3. The van der Waals surface area contributed by atoms with Crippen LogP contribution in [0.3, 0.4) is 0 Å². The molecular weight excluding hydrogens is 300 g/mol. The summed E-state index contributed by atoms with van der Waals surface area (Å²) in [6, 6.07) is 14.2. The van der Waals surface area contributed by atoms with E-state index in [0.29, 0.717) is 17.3 Å². The SMILES string of the molecule is O=C(N[C@@H]1C[C@H]1c1ccccc1)c1cnc(-c2cccnc2)nc1. The molecule has 1 aliphatic rings. The Morgan fingerprint density at radius 3 is 2.50 bits per heavy atom. The van der Waals surface area contributed by atoms with Gasteiger partial charge < -0.3 is 5.32 Å². The molecule has 0 saturated heterocycles. The lowest BCUT2D eigenvalue weighted by Gasteiger charge is -2.05. The second-order valence-corrected chi connectivity index (χ2v) is 5.87. The molecule has 0 bridgehead atoms. The van der Waals surface area contributed by atoms with Crippen LogP contribution in [0.1, 0.15) is 28.3 Å². The molecule has 2 atom stereocenters. The monoisotopic (exact) mass is 316 g/mol. The molecule has 5 heteroatoms. The molecule has 0 spiro atoms. The third kappa shape index (κ3) is 3.01. The van der Waals surface area contributed by atoms with Gasteiger partial charge in [0, 0.05) is 42.3 Å². The highest BCUT2D eigenvalue weighted by molar-refractivity contribution is 5.94. The van der Waals surface area contributed by atoms with Crippen LogP contribution in [0, 0.1) is 0 Å². The zero-order valence-corrected chi connectivity index (χ0v) is 13.0. The van der Waals surface area contributed by atoms with Gasteiger partial charge in [-0.05, 0) is 24.1 Å². The van der Waals surface area contributed by atoms with Crippen molar-refractivity contribution in [1.82, 2.24) is 20.3 Å². The van der Waals surface area contributed by atoms with Gasteiger partial charge in [0.05, 0.1) is 5.56 Å². The van der Waals surface area contributed by atoms with Gasteiger partial charge in [0.1, 0.15) is 0 Å². The van der Waals surface area contributed by atoms with Crippen LogP contribution in [-0.2, 0) is 0 Å². The number of pyridine rings is 1. The molecule has 1 aromatic carbocycles. The number of aromatic nitrogens is 3. The Morgan fingerprint density at radius 2 is 1.79 bits per heavy atom. The summed E-state index contributed by atoms with van der Waals surface area (Å²) in [6.45, 7) is 0. The fourth-order valence-electron chi connectivity index (χ4n) is 2.76. The summed E-state index contributed by atoms with van der Waals surface area (Å²) in [4.78, 5) is 24.9. The maximum atomic E-state index is 12.3. The fraction of sp³-hybridized carbons (Fsp3) is 0.158. The zero-order valence-electron chi connectivity index (χ0n) is 13.0. The van der Waals surface area contributed by atoms with Crippen LogP contribution in [0.25, 0.3) is 11.4 Å². The van der Waals surface area contributed by atoms with Gasteiger partial charge in [-0.1, -0.05) is 30.3 Å². The molecule has 5 nitrogen and oxygen atoms in total. The molecule has 0 radical (unpaired) electrons. The van der Waals surface area contributed by atoms with Crippen molar-refractivity contribution in [2.75, 3.05) is 0 Å². The molecule has 1 aliphatic carbocycles. The summed E-state index contributed by atoms with van der Waals surface area (Å²) < 4.78 is 0. The summed E-state index contributed by atoms with van der Waals surface area (Å²) in [6.07, 6.45) is 7.49. The van der Waals surface area contributed by atoms with E-state index in [9.17, 15) is 4.79 Å². The summed E-state index contributed by atoms with van der Waals surface area (Å²) >= 11 is 0. The Hall–Kier alpha value is -3.08. The second kappa shape index (κ2) is 6.20. The van der Waals surface area contributed by atoms with Gasteiger partial charge in [-0.15, -0.1) is 0 Å². The Bertz CT molecular complexity index is 834. The second-order valence-electron chi connectivity index (χ2n) is 5.87. The van der Waals surface area contributed by atoms with E-state index in [-0.39, 0.29) is 11.9 Å². The van der Waals surface area contributed by atoms with E-state index >= 15 is 0 Å². The van der Waals surface area contributed by atoms with Gasteiger partial charge in [0.25, 0.3) is 5.91 Å². The van der Waals surface area contributed by atoms with Crippen molar-refractivity contribution in [1.29, 1.82) is 0 Å². The number of nitrogens with zero attached hydrogens (tertiary/aromatic N) is 3. The molecule has 0 unspecified atom stereocenters. The van der Waals surface area contributed by atoms with E-state index in [1.165, 1.54) is 5.56 Å². The largest absolute Gasteiger partial charge is 0.349 e. The maximum Gasteiger partial charge on any atom is 0.254 e. The van der Waals surface area contributed by atoms with Crippen LogP contribution in [0.2, 0.25) is 0 Å². The highest BCUT2D eigenvalue weighted by atomic mass is 16.1. The van der Waals surface area contributed by atoms with Crippen molar-refractivity contribution < 1.29 is 4.79 Å². The molecule has 1 saturated carbocycles. The van der Waals surface area contributed by atoms with Crippen LogP contribution in [0.5, 0.6) is 0 Å². The van der Waals surface area contributed by atoms with E-state index in [2.05, 4.69) is 32.4 Å². The van der Waals surface area contributed by atoms with Crippen LogP contribution >= 0.6 is 0 Å². The molecule has 2 aromatic heterocycles. The third-order valence-electron chi connectivity index (χ3n) is 4.17. The van der Waals surface area contributed by atoms with Gasteiger partial charge in [0.15, 0.2) is 5.82 Å². The van der Waals surface area contributed by atoms with Crippen LogP contribution in [-0.4, -0.2) is 26.9 Å². The first-order valence-electron chi connectivity index (χ1n) is 7.89. The smallest absolute Gasteiger partial charge is 0.254 e. The summed E-state index contributed by atoms with van der Waals surface area (Å²) in [5.41, 5.74) is 2.57. The molecule has 1 fully saturated rings. The van der Waals surface area contributed by atoms with Crippen molar-refractivity contribution in [2.45, 2.75) is 18.4 Å².